The Hall–Kier alpha value is -9.98. The van der Waals surface area contributed by atoms with Gasteiger partial charge in [0, 0.05) is 91.0 Å². The largest absolute Gasteiger partial charge is 0.292 e. The Morgan fingerprint density at radius 2 is 0.589 bits per heavy atom. The molecule has 0 spiro atoms. The molecule has 7 nitrogen and oxygen atoms in total. The number of imidazole rings is 1. The molecule has 0 radical (unpaired) electrons. The highest BCUT2D eigenvalue weighted by molar-refractivity contribution is 5.93. The quantitative estimate of drug-likeness (QED) is 0.151. The van der Waals surface area contributed by atoms with Crippen LogP contribution in [-0.2, 0) is 0 Å². The molecule has 0 aliphatic heterocycles. The second kappa shape index (κ2) is 17.5. The van der Waals surface area contributed by atoms with Gasteiger partial charge in [-0.1, -0.05) is 103 Å². The van der Waals surface area contributed by atoms with E-state index in [9.17, 15) is 0 Å². The lowest BCUT2D eigenvalue weighted by atomic mass is 9.93. The molecule has 0 aliphatic carbocycles. The van der Waals surface area contributed by atoms with Crippen molar-refractivity contribution in [2.24, 2.45) is 0 Å². The molecule has 14 aromatic rings. The SMILES string of the molecule is c1ccc(-n2c(-c3cc(-c4cc(-c5cnc6ccccc6c5)cc(-c5cnc6ccccc6c5)c4)nc(-c4cc(-c5cnc6ccccc6c5)cc(-c5cnc6ccccc6c5)c4)c3)nc3ccccc32)cc1. The summed E-state index contributed by atoms with van der Waals surface area (Å²) in [5.74, 6) is 0.806. The van der Waals surface area contributed by atoms with Gasteiger partial charge in [0.1, 0.15) is 5.82 Å². The number of benzene rings is 8. The first-order valence-corrected chi connectivity index (χ1v) is 24.4. The molecule has 0 amide bonds. The van der Waals surface area contributed by atoms with E-state index >= 15 is 0 Å². The molecule has 6 aromatic heterocycles. The van der Waals surface area contributed by atoms with Gasteiger partial charge in [0.15, 0.2) is 0 Å². The Labute approximate surface area is 420 Å². The van der Waals surface area contributed by atoms with E-state index in [4.69, 9.17) is 29.9 Å². The van der Waals surface area contributed by atoms with Crippen LogP contribution in [0.15, 0.2) is 249 Å². The number of para-hydroxylation sites is 7. The monoisotopic (exact) mass is 931 g/mol. The van der Waals surface area contributed by atoms with Crippen LogP contribution in [-0.4, -0.2) is 34.5 Å². The maximum atomic E-state index is 5.70. The van der Waals surface area contributed by atoms with Crippen molar-refractivity contribution in [2.45, 2.75) is 0 Å². The molecular formula is C66H41N7. The normalized spacial score (nSPS) is 11.6. The molecule has 14 rings (SSSR count). The summed E-state index contributed by atoms with van der Waals surface area (Å²) in [7, 11) is 0. The molecular weight excluding hydrogens is 891 g/mol. The molecule has 0 saturated heterocycles. The Morgan fingerprint density at radius 3 is 1.00 bits per heavy atom. The molecule has 8 aromatic carbocycles. The smallest absolute Gasteiger partial charge is 0.145 e. The zero-order valence-electron chi connectivity index (χ0n) is 39.3. The zero-order valence-corrected chi connectivity index (χ0v) is 39.3. The Bertz CT molecular complexity index is 4050. The van der Waals surface area contributed by atoms with Crippen LogP contribution in [0.4, 0.5) is 0 Å². The van der Waals surface area contributed by atoms with E-state index in [1.807, 2.05) is 61.2 Å². The molecule has 0 saturated carbocycles. The average molecular weight is 932 g/mol. The van der Waals surface area contributed by atoms with Crippen molar-refractivity contribution in [3.8, 4) is 84.1 Å². The summed E-state index contributed by atoms with van der Waals surface area (Å²) in [5.41, 5.74) is 19.1. The van der Waals surface area contributed by atoms with Gasteiger partial charge >= 0.3 is 0 Å². The first-order valence-electron chi connectivity index (χ1n) is 24.4. The van der Waals surface area contributed by atoms with Crippen molar-refractivity contribution in [3.63, 3.8) is 0 Å². The second-order valence-corrected chi connectivity index (χ2v) is 18.5. The van der Waals surface area contributed by atoms with Crippen LogP contribution in [0.3, 0.4) is 0 Å². The third-order valence-electron chi connectivity index (χ3n) is 13.8. The van der Waals surface area contributed by atoms with E-state index in [1.165, 1.54) is 0 Å². The van der Waals surface area contributed by atoms with E-state index in [1.54, 1.807) is 0 Å². The van der Waals surface area contributed by atoms with Crippen molar-refractivity contribution in [2.75, 3.05) is 0 Å². The Balaban J connectivity index is 1.04. The maximum Gasteiger partial charge on any atom is 0.145 e. The number of hydrogen-bond acceptors (Lipinski definition) is 6. The second-order valence-electron chi connectivity index (χ2n) is 18.5. The van der Waals surface area contributed by atoms with E-state index in [0.717, 1.165) is 139 Å². The van der Waals surface area contributed by atoms with Crippen LogP contribution in [0, 0.1) is 0 Å². The van der Waals surface area contributed by atoms with Gasteiger partial charge in [-0.05, 0) is 144 Å². The highest BCUT2D eigenvalue weighted by atomic mass is 15.1. The fourth-order valence-electron chi connectivity index (χ4n) is 10.1. The molecule has 0 unspecified atom stereocenters. The third-order valence-corrected chi connectivity index (χ3v) is 13.8. The predicted molar refractivity (Wildman–Crippen MR) is 298 cm³/mol. The molecule has 0 atom stereocenters. The van der Waals surface area contributed by atoms with Gasteiger partial charge < -0.3 is 0 Å². The van der Waals surface area contributed by atoms with Crippen LogP contribution < -0.4 is 0 Å². The predicted octanol–water partition coefficient (Wildman–Crippen LogP) is 16.3. The molecule has 7 heteroatoms. The lowest BCUT2D eigenvalue weighted by molar-refractivity contribution is 1.10. The first-order chi connectivity index (χ1) is 36.1. The van der Waals surface area contributed by atoms with Crippen molar-refractivity contribution in [1.82, 2.24) is 34.5 Å². The Kier molecular flexibility index (Phi) is 10.0. The highest BCUT2D eigenvalue weighted by Crippen LogP contribution is 2.40. The van der Waals surface area contributed by atoms with Crippen LogP contribution in [0.5, 0.6) is 0 Å². The van der Waals surface area contributed by atoms with Crippen molar-refractivity contribution >= 4 is 54.6 Å². The maximum absolute atomic E-state index is 5.70. The number of rotatable bonds is 8. The topological polar surface area (TPSA) is 82.3 Å². The lowest BCUT2D eigenvalue weighted by Gasteiger charge is -2.16. The van der Waals surface area contributed by atoms with E-state index in [0.29, 0.717) is 0 Å². The minimum Gasteiger partial charge on any atom is -0.292 e. The summed E-state index contributed by atoms with van der Waals surface area (Å²) in [6.07, 6.45) is 7.88. The minimum atomic E-state index is 0.788. The number of pyridine rings is 5. The summed E-state index contributed by atoms with van der Waals surface area (Å²) in [4.78, 5) is 30.8. The first kappa shape index (κ1) is 41.9. The Morgan fingerprint density at radius 1 is 0.247 bits per heavy atom. The van der Waals surface area contributed by atoms with Gasteiger partial charge in [-0.15, -0.1) is 0 Å². The molecule has 0 N–H and O–H groups in total. The van der Waals surface area contributed by atoms with Crippen molar-refractivity contribution in [1.29, 1.82) is 0 Å². The van der Waals surface area contributed by atoms with Crippen LogP contribution in [0.1, 0.15) is 0 Å². The van der Waals surface area contributed by atoms with E-state index < -0.39 is 0 Å². The van der Waals surface area contributed by atoms with Gasteiger partial charge in [-0.3, -0.25) is 24.5 Å². The van der Waals surface area contributed by atoms with Gasteiger partial charge in [0.05, 0.1) is 44.5 Å². The van der Waals surface area contributed by atoms with Gasteiger partial charge in [0.25, 0.3) is 0 Å². The van der Waals surface area contributed by atoms with Crippen molar-refractivity contribution in [3.05, 3.63) is 249 Å². The van der Waals surface area contributed by atoms with E-state index in [2.05, 4.69) is 193 Å². The summed E-state index contributed by atoms with van der Waals surface area (Å²) >= 11 is 0. The fourth-order valence-corrected chi connectivity index (χ4v) is 10.1. The minimum absolute atomic E-state index is 0.788. The van der Waals surface area contributed by atoms with Crippen LogP contribution >= 0.6 is 0 Å². The standard InChI is InChI=1S/C66H41N7/c1-2-18-57(19-3-1)73-65-25-13-12-24-62(65)72-66(73)52-36-63(50-32-46(53-26-42-14-4-8-20-58(42)67-38-53)30-47(33-50)54-27-43-15-5-9-21-59(43)68-39-54)71-64(37-52)51-34-48(55-28-44-16-6-10-22-60(44)69-40-55)31-49(35-51)56-29-45-17-7-11-23-61(45)70-41-56/h1-41H. The van der Waals surface area contributed by atoms with Crippen molar-refractivity contribution < 1.29 is 0 Å². The molecule has 73 heavy (non-hydrogen) atoms. The highest BCUT2D eigenvalue weighted by Gasteiger charge is 2.20. The van der Waals surface area contributed by atoms with Gasteiger partial charge in [-0.25, -0.2) is 9.97 Å². The summed E-state index contributed by atoms with van der Waals surface area (Å²) < 4.78 is 2.25. The van der Waals surface area contributed by atoms with Gasteiger partial charge in [-0.2, -0.15) is 0 Å². The molecule has 0 bridgehead atoms. The van der Waals surface area contributed by atoms with Crippen LogP contribution in [0.2, 0.25) is 0 Å². The number of nitrogens with zero attached hydrogens (tertiary/aromatic N) is 7. The molecule has 340 valence electrons. The number of hydrogen-bond donors (Lipinski definition) is 0. The third kappa shape index (κ3) is 7.82. The summed E-state index contributed by atoms with van der Waals surface area (Å²) in [5, 5.41) is 4.28. The molecule has 0 fully saturated rings. The summed E-state index contributed by atoms with van der Waals surface area (Å²) in [6.45, 7) is 0. The molecule has 6 heterocycles. The van der Waals surface area contributed by atoms with Gasteiger partial charge in [0.2, 0.25) is 0 Å². The lowest BCUT2D eigenvalue weighted by Crippen LogP contribution is -1.99. The summed E-state index contributed by atoms with van der Waals surface area (Å²) in [6, 6.07) is 78.5. The van der Waals surface area contributed by atoms with Crippen LogP contribution in [0.25, 0.3) is 139 Å². The zero-order chi connectivity index (χ0) is 48.2. The fraction of sp³-hybridized carbons (Fsp3) is 0. The number of fused-ring (bicyclic) bond motifs is 5. The van der Waals surface area contributed by atoms with E-state index in [-0.39, 0.29) is 0 Å². The average Bonchev–Trinajstić information content (AvgIpc) is 3.87. The number of aromatic nitrogens is 7. The molecule has 0 aliphatic rings.